The van der Waals surface area contributed by atoms with Crippen LogP contribution in [0, 0.1) is 10.8 Å². The van der Waals surface area contributed by atoms with Gasteiger partial charge >= 0.3 is 0 Å². The first-order valence-electron chi connectivity index (χ1n) is 40.6. The van der Waals surface area contributed by atoms with Crippen LogP contribution in [-0.2, 0) is 0 Å². The molecule has 3 heteroatoms. The van der Waals surface area contributed by atoms with Crippen LogP contribution in [0.3, 0.4) is 0 Å². The maximum atomic E-state index is 2.83. The lowest BCUT2D eigenvalue weighted by Gasteiger charge is -2.52. The first-order valence-corrected chi connectivity index (χ1v) is 42.2. The third kappa shape index (κ3) is 9.47. The van der Waals surface area contributed by atoms with Crippen LogP contribution in [0.15, 0.2) is 434 Å². The maximum Gasteiger partial charge on any atom is 0.0810 e. The van der Waals surface area contributed by atoms with Crippen LogP contribution in [0.2, 0.25) is 0 Å². The van der Waals surface area contributed by atoms with Crippen LogP contribution < -0.4 is 4.90 Å². The number of para-hydroxylation sites is 1. The lowest BCUT2D eigenvalue weighted by Crippen LogP contribution is -2.42. The van der Waals surface area contributed by atoms with E-state index in [1.165, 1.54) is 168 Å². The summed E-state index contributed by atoms with van der Waals surface area (Å²) in [6.45, 7) is 0. The number of anilines is 2. The zero-order valence-corrected chi connectivity index (χ0v) is 65.2. The van der Waals surface area contributed by atoms with E-state index in [0.29, 0.717) is 0 Å². The summed E-state index contributed by atoms with van der Waals surface area (Å²) in [6, 6.07) is 131. The van der Waals surface area contributed by atoms with Gasteiger partial charge in [-0.25, -0.2) is 0 Å². The molecule has 117 heavy (non-hydrogen) atoms. The molecule has 2 unspecified atom stereocenters. The number of hydrogen-bond acceptors (Lipinski definition) is 3. The van der Waals surface area contributed by atoms with Crippen molar-refractivity contribution < 1.29 is 0 Å². The van der Waals surface area contributed by atoms with Gasteiger partial charge in [-0.05, 0) is 222 Å². The molecule has 542 valence electrons. The summed E-state index contributed by atoms with van der Waals surface area (Å²) >= 11 is 3.76. The number of fused-ring (bicyclic) bond motifs is 23. The third-order valence-electron chi connectivity index (χ3n) is 26.1. The van der Waals surface area contributed by atoms with E-state index in [2.05, 4.69) is 424 Å². The summed E-state index contributed by atoms with van der Waals surface area (Å²) in [4.78, 5) is 2.83. The Morgan fingerprint density at radius 2 is 0.632 bits per heavy atom. The number of benzene rings is 15. The van der Waals surface area contributed by atoms with E-state index >= 15 is 0 Å². The van der Waals surface area contributed by atoms with Crippen LogP contribution >= 0.6 is 22.7 Å². The summed E-state index contributed by atoms with van der Waals surface area (Å²) < 4.78 is 5.05. The fourth-order valence-electron chi connectivity index (χ4n) is 21.3. The number of rotatable bonds is 10. The summed E-state index contributed by atoms with van der Waals surface area (Å²) in [5.74, 6) is 0. The SMILES string of the molecule is C1=CC2(C3=Cc4ccccc4C3=C1)C1=Cc3ccccc3C1=CC=C2C1=C(N(c2ccccc2-c2cccc3sc4ccccc4c23)c2cccc3ccccc23)C2(C=CC=C3C2=Cc2ccccc23)C2=Cc3cccc(-c4ccccc4-c4ccccc4-c4ccccc4)c3C2=C1c1ccccc1-c1cccc2sc3ccccc3c12. The molecule has 17 aromatic rings. The molecule has 25 rings (SSSR count). The zero-order chi connectivity index (χ0) is 76.6. The molecule has 2 aromatic heterocycles. The molecule has 0 saturated heterocycles. The molecule has 1 nitrogen and oxygen atoms in total. The van der Waals surface area contributed by atoms with E-state index in [4.69, 9.17) is 0 Å². The number of allylic oxidation sites excluding steroid dienone is 17. The van der Waals surface area contributed by atoms with Gasteiger partial charge in [-0.1, -0.05) is 358 Å². The molecule has 0 N–H and O–H groups in total. The lowest BCUT2D eigenvalue weighted by molar-refractivity contribution is 0.652. The molecular formula is C114H69NS2. The number of thiophene rings is 2. The molecule has 8 aliphatic rings. The van der Waals surface area contributed by atoms with E-state index in [-0.39, 0.29) is 0 Å². The van der Waals surface area contributed by atoms with Crippen molar-refractivity contribution in [2.24, 2.45) is 10.8 Å². The minimum Gasteiger partial charge on any atom is -0.311 e. The second-order valence-corrected chi connectivity index (χ2v) is 34.0. The van der Waals surface area contributed by atoms with E-state index in [1.54, 1.807) is 0 Å². The quantitative estimate of drug-likeness (QED) is 0.132. The van der Waals surface area contributed by atoms with Gasteiger partial charge in [0.2, 0.25) is 0 Å². The highest BCUT2D eigenvalue weighted by Crippen LogP contribution is 2.73. The Hall–Kier alpha value is -14.3. The first-order chi connectivity index (χ1) is 58.1. The van der Waals surface area contributed by atoms with Crippen molar-refractivity contribution in [1.29, 1.82) is 0 Å². The molecule has 2 atom stereocenters. The van der Waals surface area contributed by atoms with Crippen molar-refractivity contribution in [2.45, 2.75) is 0 Å². The van der Waals surface area contributed by atoms with Gasteiger partial charge in [0.1, 0.15) is 0 Å². The fourth-order valence-corrected chi connectivity index (χ4v) is 23.6. The predicted octanol–water partition coefficient (Wildman–Crippen LogP) is 30.8. The Labute approximate surface area is 687 Å². The van der Waals surface area contributed by atoms with Crippen molar-refractivity contribution in [3.8, 4) is 55.6 Å². The maximum absolute atomic E-state index is 2.83. The normalized spacial score (nSPS) is 17.6. The van der Waals surface area contributed by atoms with E-state index in [0.717, 1.165) is 66.8 Å². The van der Waals surface area contributed by atoms with Crippen molar-refractivity contribution in [3.05, 3.63) is 484 Å². The number of nitrogens with zero attached hydrogens (tertiary/aromatic N) is 1. The zero-order valence-electron chi connectivity index (χ0n) is 63.6. The lowest BCUT2D eigenvalue weighted by atomic mass is 9.54. The summed E-state index contributed by atoms with van der Waals surface area (Å²) in [5, 5.41) is 7.32. The minimum atomic E-state index is -1.13. The molecule has 0 aliphatic heterocycles. The summed E-state index contributed by atoms with van der Waals surface area (Å²) in [5.41, 5.74) is 37.1. The van der Waals surface area contributed by atoms with Gasteiger partial charge in [0, 0.05) is 56.9 Å². The van der Waals surface area contributed by atoms with Gasteiger partial charge in [0.25, 0.3) is 0 Å². The molecule has 15 aromatic carbocycles. The van der Waals surface area contributed by atoms with Crippen LogP contribution in [0.5, 0.6) is 0 Å². The van der Waals surface area contributed by atoms with Crippen LogP contribution in [0.4, 0.5) is 11.4 Å². The second-order valence-electron chi connectivity index (χ2n) is 31.8. The highest BCUT2D eigenvalue weighted by atomic mass is 32.1. The molecule has 8 aliphatic carbocycles. The molecule has 0 bridgehead atoms. The summed E-state index contributed by atoms with van der Waals surface area (Å²) in [7, 11) is 0. The first kappa shape index (κ1) is 66.2. The minimum absolute atomic E-state index is 0.955. The van der Waals surface area contributed by atoms with Gasteiger partial charge < -0.3 is 4.90 Å². The van der Waals surface area contributed by atoms with Crippen LogP contribution in [0.1, 0.15) is 50.1 Å². The van der Waals surface area contributed by atoms with Crippen molar-refractivity contribution >= 4 is 137 Å². The number of hydrogen-bond donors (Lipinski definition) is 0. The third-order valence-corrected chi connectivity index (χ3v) is 28.3. The molecule has 0 radical (unpaired) electrons. The van der Waals surface area contributed by atoms with Gasteiger partial charge in [-0.3, -0.25) is 0 Å². The molecule has 0 fully saturated rings. The predicted molar refractivity (Wildman–Crippen MR) is 499 cm³/mol. The second kappa shape index (κ2) is 25.6. The average molecular weight is 1520 g/mol. The highest BCUT2D eigenvalue weighted by Gasteiger charge is 2.59. The van der Waals surface area contributed by atoms with Crippen molar-refractivity contribution in [1.82, 2.24) is 0 Å². The monoisotopic (exact) mass is 1520 g/mol. The fraction of sp³-hybridized carbons (Fsp3) is 0.0175. The molecule has 2 heterocycles. The van der Waals surface area contributed by atoms with E-state index < -0.39 is 10.8 Å². The topological polar surface area (TPSA) is 3.24 Å². The Balaban J connectivity index is 0.923. The average Bonchev–Trinajstić information content (AvgIpc) is 1.57. The van der Waals surface area contributed by atoms with Gasteiger partial charge in [0.15, 0.2) is 0 Å². The van der Waals surface area contributed by atoms with Gasteiger partial charge in [-0.15, -0.1) is 22.7 Å². The van der Waals surface area contributed by atoms with Crippen LogP contribution in [-0.4, -0.2) is 0 Å². The highest BCUT2D eigenvalue weighted by molar-refractivity contribution is 7.26. The molecule has 0 saturated carbocycles. The Morgan fingerprint density at radius 1 is 0.231 bits per heavy atom. The van der Waals surface area contributed by atoms with E-state index in [1.807, 2.05) is 22.7 Å². The molecule has 2 spiro atoms. The van der Waals surface area contributed by atoms with E-state index in [9.17, 15) is 0 Å². The van der Waals surface area contributed by atoms with Crippen molar-refractivity contribution in [2.75, 3.05) is 4.90 Å². The summed E-state index contributed by atoms with van der Waals surface area (Å²) in [6.07, 6.45) is 30.4. The smallest absolute Gasteiger partial charge is 0.0810 e. The largest absolute Gasteiger partial charge is 0.311 e. The molecule has 0 amide bonds. The Kier molecular flexibility index (Phi) is 14.5. The van der Waals surface area contributed by atoms with Crippen LogP contribution in [0.25, 0.3) is 159 Å². The van der Waals surface area contributed by atoms with Gasteiger partial charge in [-0.2, -0.15) is 0 Å². The Morgan fingerprint density at radius 3 is 1.26 bits per heavy atom. The van der Waals surface area contributed by atoms with Gasteiger partial charge in [0.05, 0.1) is 27.9 Å². The molecular weight excluding hydrogens is 1450 g/mol. The van der Waals surface area contributed by atoms with Crippen molar-refractivity contribution in [3.63, 3.8) is 0 Å². The Bertz CT molecular complexity index is 7710. The standard InChI is InChI=1S/C114H69NS2/c1-2-30-70(31-3-1)76-38-12-13-43-81(76)82-44-14-15-45-83(82)89-51-24-37-75-69-99-110(106(75)89)109(91-48-17-16-46-84(91)90-52-26-60-104-107(90)93-49-19-22-58-102(93)116-104)111(95-63-62-87-79-41-10-7-34-73(79)67-97(87)113(95)64-28-54-85-77-39-8-5-33-72(77)66-96(85)113)112(114(99)65-29-55-86-78-40-9-6-35-74(78)68-98(86)114)115(100-57-25-36-71-32-4-11-42-80(71)100)101-56-21-18-47-88(101)92-53-27-61-105-108(92)94-50-20-23-59-103(94)117-105/h1-69H.